The summed E-state index contributed by atoms with van der Waals surface area (Å²) in [7, 11) is 0. The van der Waals surface area contributed by atoms with Gasteiger partial charge in [-0.05, 0) is 6.92 Å². The van der Waals surface area contributed by atoms with Gasteiger partial charge in [0.05, 0.1) is 6.42 Å². The first-order valence-corrected chi connectivity index (χ1v) is 6.03. The minimum absolute atomic E-state index is 0.0185. The van der Waals surface area contributed by atoms with Crippen molar-refractivity contribution in [2.45, 2.75) is 46.0 Å². The van der Waals surface area contributed by atoms with E-state index in [0.29, 0.717) is 18.3 Å². The van der Waals surface area contributed by atoms with Gasteiger partial charge in [0.15, 0.2) is 0 Å². The standard InChI is InChI=1S/C12H18F3N3O/c1-8(2)16-6-10-7-17-11(18-9(10)3)19-5-4-12(13,14)15/h7-8,16H,4-6H2,1-3H3. The average molecular weight is 277 g/mol. The second kappa shape index (κ2) is 6.70. The molecule has 1 aromatic rings. The Bertz CT molecular complexity index is 408. The fourth-order valence-electron chi connectivity index (χ4n) is 1.29. The minimum Gasteiger partial charge on any atom is -0.463 e. The Balaban J connectivity index is 2.52. The summed E-state index contributed by atoms with van der Waals surface area (Å²) in [6.07, 6.45) is -3.66. The number of alkyl halides is 3. The van der Waals surface area contributed by atoms with Crippen LogP contribution in [0.3, 0.4) is 0 Å². The molecule has 0 aliphatic rings. The van der Waals surface area contributed by atoms with Crippen molar-refractivity contribution in [3.05, 3.63) is 17.5 Å². The summed E-state index contributed by atoms with van der Waals surface area (Å²) in [5, 5.41) is 3.22. The minimum atomic E-state index is -4.23. The zero-order chi connectivity index (χ0) is 14.5. The van der Waals surface area contributed by atoms with Gasteiger partial charge >= 0.3 is 12.2 Å². The molecule has 0 aliphatic carbocycles. The first-order chi connectivity index (χ1) is 8.78. The fourth-order valence-corrected chi connectivity index (χ4v) is 1.29. The van der Waals surface area contributed by atoms with Crippen molar-refractivity contribution in [1.29, 1.82) is 0 Å². The maximum atomic E-state index is 11.9. The summed E-state index contributed by atoms with van der Waals surface area (Å²) in [6, 6.07) is 0.317. The highest BCUT2D eigenvalue weighted by molar-refractivity contribution is 5.17. The monoisotopic (exact) mass is 277 g/mol. The zero-order valence-corrected chi connectivity index (χ0v) is 11.2. The van der Waals surface area contributed by atoms with Crippen LogP contribution in [0.5, 0.6) is 6.01 Å². The van der Waals surface area contributed by atoms with Gasteiger partial charge in [-0.1, -0.05) is 13.8 Å². The summed E-state index contributed by atoms with van der Waals surface area (Å²) in [5.41, 5.74) is 1.60. The molecule has 0 bridgehead atoms. The van der Waals surface area contributed by atoms with Crippen LogP contribution in [0.4, 0.5) is 13.2 Å². The predicted octanol–water partition coefficient (Wildman–Crippen LogP) is 2.61. The molecule has 0 saturated heterocycles. The van der Waals surface area contributed by atoms with Gasteiger partial charge in [-0.2, -0.15) is 13.2 Å². The van der Waals surface area contributed by atoms with Crippen LogP contribution in [0.2, 0.25) is 0 Å². The van der Waals surface area contributed by atoms with Crippen LogP contribution in [0.25, 0.3) is 0 Å². The van der Waals surface area contributed by atoms with E-state index < -0.39 is 19.2 Å². The second-order valence-corrected chi connectivity index (χ2v) is 4.51. The second-order valence-electron chi connectivity index (χ2n) is 4.51. The molecule has 0 spiro atoms. The summed E-state index contributed by atoms with van der Waals surface area (Å²) < 4.78 is 40.7. The van der Waals surface area contributed by atoms with E-state index in [1.807, 2.05) is 13.8 Å². The quantitative estimate of drug-likeness (QED) is 0.868. The Morgan fingerprint density at radius 3 is 2.58 bits per heavy atom. The number of aromatic nitrogens is 2. The third kappa shape index (κ3) is 6.37. The van der Waals surface area contributed by atoms with Crippen molar-refractivity contribution in [3.8, 4) is 6.01 Å². The number of hydrogen-bond acceptors (Lipinski definition) is 4. The molecular formula is C12H18F3N3O. The average Bonchev–Trinajstić information content (AvgIpc) is 2.26. The first-order valence-electron chi connectivity index (χ1n) is 6.03. The Morgan fingerprint density at radius 2 is 2.05 bits per heavy atom. The van der Waals surface area contributed by atoms with Gasteiger partial charge in [-0.3, -0.25) is 0 Å². The van der Waals surface area contributed by atoms with Gasteiger partial charge in [-0.25, -0.2) is 9.97 Å². The highest BCUT2D eigenvalue weighted by Crippen LogP contribution is 2.19. The third-order valence-corrected chi connectivity index (χ3v) is 2.38. The molecular weight excluding hydrogens is 259 g/mol. The number of hydrogen-bond donors (Lipinski definition) is 1. The van der Waals surface area contributed by atoms with E-state index in [-0.39, 0.29) is 6.01 Å². The molecule has 0 amide bonds. The van der Waals surface area contributed by atoms with E-state index in [2.05, 4.69) is 15.3 Å². The molecule has 4 nitrogen and oxygen atoms in total. The van der Waals surface area contributed by atoms with E-state index in [4.69, 9.17) is 4.74 Å². The number of aryl methyl sites for hydroxylation is 1. The van der Waals surface area contributed by atoms with Gasteiger partial charge in [0.25, 0.3) is 0 Å². The molecule has 1 rings (SSSR count). The smallest absolute Gasteiger partial charge is 0.392 e. The number of rotatable bonds is 6. The van der Waals surface area contributed by atoms with Crippen molar-refractivity contribution in [2.75, 3.05) is 6.61 Å². The first kappa shape index (κ1) is 15.7. The van der Waals surface area contributed by atoms with Crippen molar-refractivity contribution in [3.63, 3.8) is 0 Å². The molecule has 0 radical (unpaired) electrons. The van der Waals surface area contributed by atoms with E-state index in [0.717, 1.165) is 5.56 Å². The normalized spacial score (nSPS) is 11.9. The summed E-state index contributed by atoms with van der Waals surface area (Å²) in [5.74, 6) is 0. The van der Waals surface area contributed by atoms with Crippen LogP contribution >= 0.6 is 0 Å². The summed E-state index contributed by atoms with van der Waals surface area (Å²) in [6.45, 7) is 5.96. The summed E-state index contributed by atoms with van der Waals surface area (Å²) in [4.78, 5) is 7.93. The molecule has 7 heteroatoms. The van der Waals surface area contributed by atoms with Gasteiger partial charge in [0, 0.05) is 30.0 Å². The predicted molar refractivity (Wildman–Crippen MR) is 64.9 cm³/mol. The topological polar surface area (TPSA) is 47.0 Å². The van der Waals surface area contributed by atoms with Crippen LogP contribution in [-0.4, -0.2) is 28.8 Å². The molecule has 108 valence electrons. The molecule has 0 aliphatic heterocycles. The fraction of sp³-hybridized carbons (Fsp3) is 0.667. The molecule has 1 aromatic heterocycles. The molecule has 0 aromatic carbocycles. The van der Waals surface area contributed by atoms with Crippen LogP contribution in [0.15, 0.2) is 6.20 Å². The Labute approximate surface area is 110 Å². The van der Waals surface area contributed by atoms with E-state index in [1.54, 1.807) is 13.1 Å². The largest absolute Gasteiger partial charge is 0.463 e. The number of nitrogens with one attached hydrogen (secondary N) is 1. The van der Waals surface area contributed by atoms with E-state index in [9.17, 15) is 13.2 Å². The molecule has 1 N–H and O–H groups in total. The highest BCUT2D eigenvalue weighted by Gasteiger charge is 2.27. The van der Waals surface area contributed by atoms with Gasteiger partial charge in [-0.15, -0.1) is 0 Å². The Hall–Kier alpha value is -1.37. The lowest BCUT2D eigenvalue weighted by Crippen LogP contribution is -2.22. The maximum absolute atomic E-state index is 11.9. The molecule has 19 heavy (non-hydrogen) atoms. The number of halogens is 3. The third-order valence-electron chi connectivity index (χ3n) is 2.38. The van der Waals surface area contributed by atoms with Crippen molar-refractivity contribution < 1.29 is 17.9 Å². The highest BCUT2D eigenvalue weighted by atomic mass is 19.4. The van der Waals surface area contributed by atoms with E-state index >= 15 is 0 Å². The molecule has 1 heterocycles. The van der Waals surface area contributed by atoms with Gasteiger partial charge < -0.3 is 10.1 Å². The van der Waals surface area contributed by atoms with Gasteiger partial charge in [0.1, 0.15) is 6.61 Å². The SMILES string of the molecule is Cc1nc(OCCC(F)(F)F)ncc1CNC(C)C. The molecule has 0 unspecified atom stereocenters. The zero-order valence-electron chi connectivity index (χ0n) is 11.2. The van der Waals surface area contributed by atoms with Crippen LogP contribution < -0.4 is 10.1 Å². The Kier molecular flexibility index (Phi) is 5.53. The lowest BCUT2D eigenvalue weighted by molar-refractivity contribution is -0.139. The molecule has 0 atom stereocenters. The van der Waals surface area contributed by atoms with Crippen molar-refractivity contribution in [1.82, 2.24) is 15.3 Å². The number of ether oxygens (including phenoxy) is 1. The van der Waals surface area contributed by atoms with Crippen LogP contribution in [0.1, 0.15) is 31.5 Å². The van der Waals surface area contributed by atoms with Crippen molar-refractivity contribution >= 4 is 0 Å². The lowest BCUT2D eigenvalue weighted by Gasteiger charge is -2.11. The number of nitrogens with zero attached hydrogens (tertiary/aromatic N) is 2. The molecule has 0 fully saturated rings. The van der Waals surface area contributed by atoms with E-state index in [1.165, 1.54) is 0 Å². The molecule has 0 saturated carbocycles. The van der Waals surface area contributed by atoms with Crippen LogP contribution in [-0.2, 0) is 6.54 Å². The lowest BCUT2D eigenvalue weighted by atomic mass is 10.2. The van der Waals surface area contributed by atoms with Gasteiger partial charge in [0.2, 0.25) is 0 Å². The van der Waals surface area contributed by atoms with Crippen LogP contribution in [0, 0.1) is 6.92 Å². The van der Waals surface area contributed by atoms with Crippen molar-refractivity contribution in [2.24, 2.45) is 0 Å². The summed E-state index contributed by atoms with van der Waals surface area (Å²) >= 11 is 0. The Morgan fingerprint density at radius 1 is 1.37 bits per heavy atom. The maximum Gasteiger partial charge on any atom is 0.392 e.